The van der Waals surface area contributed by atoms with Crippen molar-refractivity contribution in [1.82, 2.24) is 10.5 Å². The minimum Gasteiger partial charge on any atom is -0.361 e. The van der Waals surface area contributed by atoms with Crippen molar-refractivity contribution in [3.05, 3.63) is 52.4 Å². The van der Waals surface area contributed by atoms with Gasteiger partial charge in [0, 0.05) is 0 Å². The molecule has 2 aromatic rings. The molecular weight excluding hydrogens is 297 g/mol. The Kier molecular flexibility index (Phi) is 4.25. The lowest BCUT2D eigenvalue weighted by Crippen LogP contribution is -2.29. The van der Waals surface area contributed by atoms with E-state index in [1.54, 1.807) is 13.8 Å². The highest BCUT2D eigenvalue weighted by Crippen LogP contribution is 2.34. The van der Waals surface area contributed by atoms with E-state index in [1.165, 1.54) is 25.1 Å². The summed E-state index contributed by atoms with van der Waals surface area (Å²) in [6.07, 6.45) is -4.47. The lowest BCUT2D eigenvalue weighted by atomic mass is 10.0. The number of nitrogens with one attached hydrogen (secondary N) is 1. The first-order valence-corrected chi connectivity index (χ1v) is 6.61. The van der Waals surface area contributed by atoms with Crippen molar-refractivity contribution < 1.29 is 22.5 Å². The van der Waals surface area contributed by atoms with Crippen LogP contribution in [0.15, 0.2) is 28.8 Å². The average molecular weight is 312 g/mol. The van der Waals surface area contributed by atoms with E-state index in [-0.39, 0.29) is 11.1 Å². The van der Waals surface area contributed by atoms with Crippen LogP contribution in [0.1, 0.15) is 45.9 Å². The van der Waals surface area contributed by atoms with Crippen LogP contribution in [-0.4, -0.2) is 11.1 Å². The number of aromatic nitrogens is 1. The van der Waals surface area contributed by atoms with E-state index in [9.17, 15) is 18.0 Å². The monoisotopic (exact) mass is 312 g/mol. The van der Waals surface area contributed by atoms with E-state index in [0.29, 0.717) is 11.5 Å². The summed E-state index contributed by atoms with van der Waals surface area (Å²) in [5.41, 5.74) is -0.112. The van der Waals surface area contributed by atoms with Crippen LogP contribution in [0.3, 0.4) is 0 Å². The average Bonchev–Trinajstić information content (AvgIpc) is 2.77. The van der Waals surface area contributed by atoms with Gasteiger partial charge >= 0.3 is 6.18 Å². The molecule has 1 aromatic carbocycles. The number of aryl methyl sites for hydroxylation is 2. The lowest BCUT2D eigenvalue weighted by molar-refractivity contribution is -0.138. The van der Waals surface area contributed by atoms with Crippen LogP contribution in [0.25, 0.3) is 0 Å². The van der Waals surface area contributed by atoms with Crippen LogP contribution in [-0.2, 0) is 6.18 Å². The van der Waals surface area contributed by atoms with Crippen molar-refractivity contribution in [3.8, 4) is 0 Å². The maximum absolute atomic E-state index is 13.0. The smallest absolute Gasteiger partial charge is 0.361 e. The fourth-order valence-electron chi connectivity index (χ4n) is 2.29. The van der Waals surface area contributed by atoms with Crippen molar-refractivity contribution in [1.29, 1.82) is 0 Å². The third-order valence-corrected chi connectivity index (χ3v) is 3.34. The second-order valence-corrected chi connectivity index (χ2v) is 4.98. The Morgan fingerprint density at radius 3 is 2.45 bits per heavy atom. The molecule has 1 heterocycles. The molecule has 2 rings (SSSR count). The summed E-state index contributed by atoms with van der Waals surface area (Å²) in [7, 11) is 0. The van der Waals surface area contributed by atoms with Gasteiger partial charge in [0.1, 0.15) is 11.3 Å². The fourth-order valence-corrected chi connectivity index (χ4v) is 2.29. The largest absolute Gasteiger partial charge is 0.416 e. The minimum atomic E-state index is -4.47. The number of carbonyl (C=O) groups excluding carboxylic acids is 1. The van der Waals surface area contributed by atoms with Crippen LogP contribution < -0.4 is 5.32 Å². The normalized spacial score (nSPS) is 13.0. The fraction of sp³-hybridized carbons (Fsp3) is 0.333. The zero-order valence-corrected chi connectivity index (χ0v) is 12.3. The van der Waals surface area contributed by atoms with Crippen LogP contribution in [0.2, 0.25) is 0 Å². The van der Waals surface area contributed by atoms with Gasteiger partial charge in [-0.15, -0.1) is 0 Å². The van der Waals surface area contributed by atoms with Gasteiger partial charge in [0.2, 0.25) is 0 Å². The van der Waals surface area contributed by atoms with Gasteiger partial charge in [0.25, 0.3) is 5.91 Å². The molecule has 1 aromatic heterocycles. The maximum atomic E-state index is 13.0. The Morgan fingerprint density at radius 1 is 1.27 bits per heavy atom. The van der Waals surface area contributed by atoms with Crippen LogP contribution in [0, 0.1) is 13.8 Å². The quantitative estimate of drug-likeness (QED) is 0.938. The molecule has 0 bridgehead atoms. The Labute approximate surface area is 125 Å². The highest BCUT2D eigenvalue weighted by molar-refractivity contribution is 5.96. The van der Waals surface area contributed by atoms with Gasteiger partial charge in [0.05, 0.1) is 17.3 Å². The van der Waals surface area contributed by atoms with E-state index < -0.39 is 23.7 Å². The summed E-state index contributed by atoms with van der Waals surface area (Å²) in [6, 6.07) is 4.35. The minimum absolute atomic E-state index is 0.00936. The summed E-state index contributed by atoms with van der Waals surface area (Å²) >= 11 is 0. The van der Waals surface area contributed by atoms with Crippen LogP contribution >= 0.6 is 0 Å². The van der Waals surface area contributed by atoms with E-state index in [4.69, 9.17) is 4.52 Å². The van der Waals surface area contributed by atoms with Crippen LogP contribution in [0.4, 0.5) is 13.2 Å². The van der Waals surface area contributed by atoms with E-state index >= 15 is 0 Å². The standard InChI is InChI=1S/C15H15F3N2O2/c1-8(11-6-4-5-7-12(11)15(16,17)18)19-14(21)13-9(2)20-22-10(13)3/h4-8H,1-3H3,(H,19,21). The van der Waals surface area contributed by atoms with Gasteiger partial charge in [-0.05, 0) is 32.4 Å². The Balaban J connectivity index is 2.27. The number of nitrogens with zero attached hydrogens (tertiary/aromatic N) is 1. The predicted octanol–water partition coefficient (Wildman–Crippen LogP) is 3.80. The highest BCUT2D eigenvalue weighted by atomic mass is 19.4. The molecule has 1 unspecified atom stereocenters. The molecule has 1 atom stereocenters. The molecule has 1 N–H and O–H groups in total. The summed E-state index contributed by atoms with van der Waals surface area (Å²) in [6.45, 7) is 4.67. The molecule has 0 spiro atoms. The zero-order chi connectivity index (χ0) is 16.5. The zero-order valence-electron chi connectivity index (χ0n) is 12.3. The summed E-state index contributed by atoms with van der Waals surface area (Å²) in [4.78, 5) is 12.2. The van der Waals surface area contributed by atoms with E-state index in [2.05, 4.69) is 10.5 Å². The number of carbonyl (C=O) groups is 1. The van der Waals surface area contributed by atoms with Crippen molar-refractivity contribution in [2.75, 3.05) is 0 Å². The number of halogens is 3. The molecule has 0 saturated carbocycles. The summed E-state index contributed by atoms with van der Waals surface area (Å²) < 4.78 is 43.9. The molecule has 0 aliphatic carbocycles. The number of hydrogen-bond donors (Lipinski definition) is 1. The number of rotatable bonds is 3. The van der Waals surface area contributed by atoms with E-state index in [1.807, 2.05) is 0 Å². The third kappa shape index (κ3) is 3.13. The van der Waals surface area contributed by atoms with Crippen molar-refractivity contribution in [2.24, 2.45) is 0 Å². The van der Waals surface area contributed by atoms with Crippen molar-refractivity contribution >= 4 is 5.91 Å². The number of amides is 1. The van der Waals surface area contributed by atoms with Crippen molar-refractivity contribution in [3.63, 3.8) is 0 Å². The first kappa shape index (κ1) is 16.1. The molecule has 0 fully saturated rings. The second kappa shape index (κ2) is 5.82. The highest BCUT2D eigenvalue weighted by Gasteiger charge is 2.34. The first-order chi connectivity index (χ1) is 10.2. The van der Waals surface area contributed by atoms with Gasteiger partial charge in [-0.3, -0.25) is 4.79 Å². The van der Waals surface area contributed by atoms with Gasteiger partial charge in [-0.2, -0.15) is 13.2 Å². The third-order valence-electron chi connectivity index (χ3n) is 3.34. The molecule has 118 valence electrons. The Morgan fingerprint density at radius 2 is 1.91 bits per heavy atom. The van der Waals surface area contributed by atoms with Crippen molar-refractivity contribution in [2.45, 2.75) is 33.0 Å². The molecule has 7 heteroatoms. The molecule has 4 nitrogen and oxygen atoms in total. The SMILES string of the molecule is Cc1noc(C)c1C(=O)NC(C)c1ccccc1C(F)(F)F. The van der Waals surface area contributed by atoms with Gasteiger partial charge in [-0.25, -0.2) is 0 Å². The predicted molar refractivity (Wildman–Crippen MR) is 73.3 cm³/mol. The molecule has 0 radical (unpaired) electrons. The molecular formula is C15H15F3N2O2. The second-order valence-electron chi connectivity index (χ2n) is 4.98. The lowest BCUT2D eigenvalue weighted by Gasteiger charge is -2.19. The van der Waals surface area contributed by atoms with Gasteiger partial charge < -0.3 is 9.84 Å². The van der Waals surface area contributed by atoms with Gasteiger partial charge in [-0.1, -0.05) is 23.4 Å². The Bertz CT molecular complexity index is 673. The summed E-state index contributed by atoms with van der Waals surface area (Å²) in [5.74, 6) is -0.188. The number of hydrogen-bond acceptors (Lipinski definition) is 3. The Hall–Kier alpha value is -2.31. The molecule has 0 saturated heterocycles. The molecule has 0 aliphatic heterocycles. The maximum Gasteiger partial charge on any atom is 0.416 e. The number of alkyl halides is 3. The number of benzene rings is 1. The molecule has 22 heavy (non-hydrogen) atoms. The topological polar surface area (TPSA) is 55.1 Å². The molecule has 1 amide bonds. The summed E-state index contributed by atoms with van der Waals surface area (Å²) in [5, 5.41) is 6.21. The van der Waals surface area contributed by atoms with Crippen LogP contribution in [0.5, 0.6) is 0 Å². The van der Waals surface area contributed by atoms with E-state index in [0.717, 1.165) is 6.07 Å². The molecule has 0 aliphatic rings. The first-order valence-electron chi connectivity index (χ1n) is 6.61. The van der Waals surface area contributed by atoms with Gasteiger partial charge in [0.15, 0.2) is 0 Å².